The maximum atomic E-state index is 11.6. The quantitative estimate of drug-likeness (QED) is 0.806. The van der Waals surface area contributed by atoms with Crippen LogP contribution in [0.3, 0.4) is 0 Å². The van der Waals surface area contributed by atoms with E-state index in [1.54, 1.807) is 6.07 Å². The number of rotatable bonds is 1. The molecule has 0 aliphatic carbocycles. The number of hydrogen-bond acceptors (Lipinski definition) is 3. The maximum Gasteiger partial charge on any atom is 0.335 e. The summed E-state index contributed by atoms with van der Waals surface area (Å²) in [4.78, 5) is 35.0. The maximum absolute atomic E-state index is 11.6. The lowest BCUT2D eigenvalue weighted by molar-refractivity contribution is -0.128. The Balaban J connectivity index is 2.38. The van der Waals surface area contributed by atoms with Crippen LogP contribution in [0.1, 0.15) is 6.42 Å². The fraction of sp³-hybridized carbons (Fsp3) is 0.100. The van der Waals surface area contributed by atoms with Crippen molar-refractivity contribution in [2.45, 2.75) is 6.42 Å². The third-order valence-electron chi connectivity index (χ3n) is 2.17. The number of anilines is 1. The van der Waals surface area contributed by atoms with Crippen LogP contribution in [0, 0.1) is 0 Å². The van der Waals surface area contributed by atoms with Gasteiger partial charge in [0.05, 0.1) is 10.7 Å². The monoisotopic (exact) mass is 316 g/mol. The van der Waals surface area contributed by atoms with Crippen molar-refractivity contribution in [3.63, 3.8) is 0 Å². The van der Waals surface area contributed by atoms with Crippen molar-refractivity contribution in [3.05, 3.63) is 27.7 Å². The van der Waals surface area contributed by atoms with Crippen LogP contribution in [-0.2, 0) is 9.59 Å². The van der Waals surface area contributed by atoms with Gasteiger partial charge in [0.15, 0.2) is 0 Å². The van der Waals surface area contributed by atoms with E-state index in [9.17, 15) is 14.4 Å². The average Bonchev–Trinajstić information content (AvgIpc) is 2.21. The smallest absolute Gasteiger partial charge is 0.277 e. The highest BCUT2D eigenvalue weighted by Crippen LogP contribution is 2.28. The van der Waals surface area contributed by atoms with Gasteiger partial charge < -0.3 is 0 Å². The van der Waals surface area contributed by atoms with E-state index in [1.807, 2.05) is 0 Å². The molecule has 0 atom stereocenters. The number of carbonyl (C=O) groups is 3. The molecule has 1 aliphatic rings. The highest BCUT2D eigenvalue weighted by Gasteiger charge is 2.32. The zero-order valence-corrected chi connectivity index (χ0v) is 10.7. The summed E-state index contributed by atoms with van der Waals surface area (Å²) < 4.78 is 0.564. The Hall–Kier alpha value is -1.40. The SMILES string of the molecule is O=C1CC(=O)N(c2ccc(Cl)c(Br)c2)C(=O)N1. The van der Waals surface area contributed by atoms with E-state index in [0.29, 0.717) is 15.2 Å². The summed E-state index contributed by atoms with van der Waals surface area (Å²) in [5.41, 5.74) is 0.358. The van der Waals surface area contributed by atoms with Gasteiger partial charge in [0.25, 0.3) is 0 Å². The van der Waals surface area contributed by atoms with E-state index in [-0.39, 0.29) is 6.42 Å². The highest BCUT2D eigenvalue weighted by molar-refractivity contribution is 9.10. The van der Waals surface area contributed by atoms with Crippen LogP contribution in [0.5, 0.6) is 0 Å². The lowest BCUT2D eigenvalue weighted by Crippen LogP contribution is -2.52. The van der Waals surface area contributed by atoms with Gasteiger partial charge in [-0.25, -0.2) is 9.69 Å². The first-order valence-corrected chi connectivity index (χ1v) is 5.78. The first kappa shape index (κ1) is 12.1. The van der Waals surface area contributed by atoms with Gasteiger partial charge in [-0.3, -0.25) is 14.9 Å². The topological polar surface area (TPSA) is 66.5 Å². The number of halogens is 2. The molecule has 1 saturated heterocycles. The molecule has 1 aliphatic heterocycles. The van der Waals surface area contributed by atoms with Crippen LogP contribution < -0.4 is 10.2 Å². The third kappa shape index (κ3) is 2.32. The molecule has 1 fully saturated rings. The summed E-state index contributed by atoms with van der Waals surface area (Å²) in [5, 5.41) is 2.54. The fourth-order valence-corrected chi connectivity index (χ4v) is 1.92. The normalized spacial score (nSPS) is 16.1. The number of hydrogen-bond donors (Lipinski definition) is 1. The molecular weight excluding hydrogens is 311 g/mol. The van der Waals surface area contributed by atoms with E-state index in [4.69, 9.17) is 11.6 Å². The summed E-state index contributed by atoms with van der Waals surface area (Å²) in [7, 11) is 0. The molecule has 7 heteroatoms. The van der Waals surface area contributed by atoms with E-state index >= 15 is 0 Å². The Morgan fingerprint density at radius 3 is 2.59 bits per heavy atom. The van der Waals surface area contributed by atoms with Crippen LogP contribution in [0.25, 0.3) is 0 Å². The van der Waals surface area contributed by atoms with Crippen molar-refractivity contribution >= 4 is 51.1 Å². The summed E-state index contributed by atoms with van der Waals surface area (Å²) in [5.74, 6) is -1.16. The highest BCUT2D eigenvalue weighted by atomic mass is 79.9. The van der Waals surface area contributed by atoms with Crippen LogP contribution in [0.2, 0.25) is 5.02 Å². The summed E-state index contributed by atoms with van der Waals surface area (Å²) in [6, 6.07) is 3.87. The largest absolute Gasteiger partial charge is 0.335 e. The second-order valence-electron chi connectivity index (χ2n) is 3.36. The molecule has 0 unspecified atom stereocenters. The predicted molar refractivity (Wildman–Crippen MR) is 64.8 cm³/mol. The van der Waals surface area contributed by atoms with E-state index in [2.05, 4.69) is 21.2 Å². The lowest BCUT2D eigenvalue weighted by Gasteiger charge is -2.24. The van der Waals surface area contributed by atoms with Gasteiger partial charge >= 0.3 is 6.03 Å². The van der Waals surface area contributed by atoms with Gasteiger partial charge in [-0.05, 0) is 34.1 Å². The number of carbonyl (C=O) groups excluding carboxylic acids is 3. The number of imide groups is 2. The number of barbiturate groups is 1. The molecule has 0 saturated carbocycles. The van der Waals surface area contributed by atoms with E-state index in [0.717, 1.165) is 4.90 Å². The zero-order valence-electron chi connectivity index (χ0n) is 8.37. The first-order chi connectivity index (χ1) is 7.99. The second kappa shape index (κ2) is 4.46. The standard InChI is InChI=1S/C10H6BrClN2O3/c11-6-3-5(1-2-7(6)12)14-9(16)4-8(15)13-10(14)17/h1-3H,4H2,(H,13,15,17). The van der Waals surface area contributed by atoms with Gasteiger partial charge in [-0.1, -0.05) is 11.6 Å². The van der Waals surface area contributed by atoms with Gasteiger partial charge in [-0.15, -0.1) is 0 Å². The molecule has 0 bridgehead atoms. The molecule has 5 nitrogen and oxygen atoms in total. The third-order valence-corrected chi connectivity index (χ3v) is 3.39. The number of nitrogens with one attached hydrogen (secondary N) is 1. The Morgan fingerprint density at radius 2 is 2.00 bits per heavy atom. The van der Waals surface area contributed by atoms with Gasteiger partial charge in [0.1, 0.15) is 6.42 Å². The first-order valence-electron chi connectivity index (χ1n) is 4.61. The van der Waals surface area contributed by atoms with Gasteiger partial charge in [-0.2, -0.15) is 0 Å². The molecule has 1 N–H and O–H groups in total. The Labute approximate surface area is 110 Å². The predicted octanol–water partition coefficient (Wildman–Crippen LogP) is 2.08. The Kier molecular flexibility index (Phi) is 3.17. The molecule has 0 spiro atoms. The molecule has 1 aromatic rings. The van der Waals surface area contributed by atoms with Crippen molar-refractivity contribution in [1.82, 2.24) is 5.32 Å². The molecule has 0 aromatic heterocycles. The lowest BCUT2D eigenvalue weighted by atomic mass is 10.2. The van der Waals surface area contributed by atoms with Crippen LogP contribution in [-0.4, -0.2) is 17.8 Å². The number of nitrogens with zero attached hydrogens (tertiary/aromatic N) is 1. The molecule has 4 amide bonds. The average molecular weight is 318 g/mol. The minimum absolute atomic E-state index is 0.341. The molecule has 1 heterocycles. The fourth-order valence-electron chi connectivity index (χ4n) is 1.43. The molecule has 88 valence electrons. The minimum atomic E-state index is -0.750. The number of amides is 4. The zero-order chi connectivity index (χ0) is 12.6. The molecule has 2 rings (SSSR count). The van der Waals surface area contributed by atoms with Crippen molar-refractivity contribution in [1.29, 1.82) is 0 Å². The number of benzene rings is 1. The van der Waals surface area contributed by atoms with Crippen molar-refractivity contribution in [2.24, 2.45) is 0 Å². The van der Waals surface area contributed by atoms with Gasteiger partial charge in [0.2, 0.25) is 11.8 Å². The second-order valence-corrected chi connectivity index (χ2v) is 4.62. The molecule has 0 radical (unpaired) electrons. The molecular formula is C10H6BrClN2O3. The Bertz CT molecular complexity index is 512. The van der Waals surface area contributed by atoms with Gasteiger partial charge in [0, 0.05) is 4.47 Å². The van der Waals surface area contributed by atoms with Crippen molar-refractivity contribution < 1.29 is 14.4 Å². The van der Waals surface area contributed by atoms with Crippen molar-refractivity contribution in [2.75, 3.05) is 4.90 Å². The van der Waals surface area contributed by atoms with Crippen molar-refractivity contribution in [3.8, 4) is 0 Å². The van der Waals surface area contributed by atoms with E-state index < -0.39 is 17.8 Å². The summed E-state index contributed by atoms with van der Waals surface area (Å²) >= 11 is 9.01. The van der Waals surface area contributed by atoms with Crippen LogP contribution >= 0.6 is 27.5 Å². The van der Waals surface area contributed by atoms with Crippen LogP contribution in [0.15, 0.2) is 22.7 Å². The van der Waals surface area contributed by atoms with Crippen LogP contribution in [0.4, 0.5) is 10.5 Å². The Morgan fingerprint density at radius 1 is 1.29 bits per heavy atom. The summed E-state index contributed by atoms with van der Waals surface area (Å²) in [6.45, 7) is 0. The minimum Gasteiger partial charge on any atom is -0.277 e. The molecule has 17 heavy (non-hydrogen) atoms. The summed E-state index contributed by atoms with van der Waals surface area (Å²) in [6.07, 6.45) is -0.341. The number of urea groups is 1. The van der Waals surface area contributed by atoms with E-state index in [1.165, 1.54) is 12.1 Å². The molecule has 1 aromatic carbocycles.